The highest BCUT2D eigenvalue weighted by Gasteiger charge is 2.45. The standard InChI is InChI=1S/C12H22O3/c1-3-4-5-6-7-9-8(2)10(13)12(15)11(9)14/h8-11,13-14H,3-7H2,1-2H3. The Morgan fingerprint density at radius 2 is 1.80 bits per heavy atom. The van der Waals surface area contributed by atoms with Gasteiger partial charge in [0.1, 0.15) is 12.2 Å². The van der Waals surface area contributed by atoms with Crippen molar-refractivity contribution in [2.75, 3.05) is 0 Å². The van der Waals surface area contributed by atoms with Gasteiger partial charge >= 0.3 is 0 Å². The van der Waals surface area contributed by atoms with E-state index < -0.39 is 12.2 Å². The lowest BCUT2D eigenvalue weighted by molar-refractivity contribution is -0.131. The van der Waals surface area contributed by atoms with Crippen LogP contribution in [-0.4, -0.2) is 28.2 Å². The Hall–Kier alpha value is -0.410. The number of hydrogen-bond acceptors (Lipinski definition) is 3. The fraction of sp³-hybridized carbons (Fsp3) is 0.917. The molecule has 0 aliphatic heterocycles. The molecule has 1 aliphatic rings. The fourth-order valence-corrected chi connectivity index (χ4v) is 2.39. The lowest BCUT2D eigenvalue weighted by atomic mass is 9.90. The maximum absolute atomic E-state index is 11.3. The Balaban J connectivity index is 2.38. The average Bonchev–Trinajstić information content (AvgIpc) is 2.41. The largest absolute Gasteiger partial charge is 0.385 e. The number of aliphatic hydroxyl groups is 2. The van der Waals surface area contributed by atoms with Crippen LogP contribution in [0, 0.1) is 11.8 Å². The molecule has 0 aromatic rings. The predicted octanol–water partition coefficient (Wildman–Crippen LogP) is 1.51. The molecule has 3 nitrogen and oxygen atoms in total. The predicted molar refractivity (Wildman–Crippen MR) is 58.4 cm³/mol. The van der Waals surface area contributed by atoms with E-state index in [1.165, 1.54) is 12.8 Å². The quantitative estimate of drug-likeness (QED) is 0.682. The minimum absolute atomic E-state index is 0.0376. The number of unbranched alkanes of at least 4 members (excludes halogenated alkanes) is 3. The van der Waals surface area contributed by atoms with E-state index in [4.69, 9.17) is 0 Å². The average molecular weight is 214 g/mol. The molecule has 1 saturated carbocycles. The van der Waals surface area contributed by atoms with E-state index in [-0.39, 0.29) is 17.6 Å². The van der Waals surface area contributed by atoms with Crippen molar-refractivity contribution in [1.82, 2.24) is 0 Å². The Kier molecular flexibility index (Phi) is 4.74. The van der Waals surface area contributed by atoms with E-state index in [2.05, 4.69) is 6.92 Å². The summed E-state index contributed by atoms with van der Waals surface area (Å²) in [5.74, 6) is -0.513. The van der Waals surface area contributed by atoms with Crippen LogP contribution in [0.1, 0.15) is 46.0 Å². The molecule has 4 atom stereocenters. The van der Waals surface area contributed by atoms with E-state index in [1.54, 1.807) is 0 Å². The molecule has 1 aliphatic carbocycles. The topological polar surface area (TPSA) is 57.5 Å². The van der Waals surface area contributed by atoms with Crippen molar-refractivity contribution < 1.29 is 15.0 Å². The number of Topliss-reactive ketones (excluding diaryl/α,β-unsaturated/α-hetero) is 1. The van der Waals surface area contributed by atoms with E-state index in [0.717, 1.165) is 19.3 Å². The van der Waals surface area contributed by atoms with E-state index in [0.29, 0.717) is 0 Å². The summed E-state index contributed by atoms with van der Waals surface area (Å²) >= 11 is 0. The van der Waals surface area contributed by atoms with Crippen LogP contribution in [0.15, 0.2) is 0 Å². The van der Waals surface area contributed by atoms with Crippen molar-refractivity contribution >= 4 is 5.78 Å². The lowest BCUT2D eigenvalue weighted by Crippen LogP contribution is -2.24. The van der Waals surface area contributed by atoms with Crippen molar-refractivity contribution in [2.45, 2.75) is 58.2 Å². The van der Waals surface area contributed by atoms with Crippen molar-refractivity contribution in [3.8, 4) is 0 Å². The summed E-state index contributed by atoms with van der Waals surface area (Å²) in [6, 6.07) is 0. The molecule has 0 bridgehead atoms. The molecule has 3 heteroatoms. The number of rotatable bonds is 5. The highest BCUT2D eigenvalue weighted by Crippen LogP contribution is 2.33. The first-order chi connectivity index (χ1) is 7.09. The van der Waals surface area contributed by atoms with Crippen LogP contribution in [0.2, 0.25) is 0 Å². The zero-order valence-corrected chi connectivity index (χ0v) is 9.65. The van der Waals surface area contributed by atoms with Crippen molar-refractivity contribution in [3.63, 3.8) is 0 Å². The monoisotopic (exact) mass is 214 g/mol. The van der Waals surface area contributed by atoms with Gasteiger partial charge in [0.15, 0.2) is 5.78 Å². The molecular formula is C12H22O3. The van der Waals surface area contributed by atoms with Crippen molar-refractivity contribution in [1.29, 1.82) is 0 Å². The molecule has 0 heterocycles. The van der Waals surface area contributed by atoms with Crippen LogP contribution >= 0.6 is 0 Å². The van der Waals surface area contributed by atoms with Gasteiger partial charge in [-0.15, -0.1) is 0 Å². The fourth-order valence-electron chi connectivity index (χ4n) is 2.39. The Labute approximate surface area is 91.5 Å². The van der Waals surface area contributed by atoms with E-state index in [9.17, 15) is 15.0 Å². The summed E-state index contributed by atoms with van der Waals surface area (Å²) in [7, 11) is 0. The molecular weight excluding hydrogens is 192 g/mol. The molecule has 0 saturated heterocycles. The second-order valence-corrected chi connectivity index (χ2v) is 4.66. The number of ketones is 1. The van der Waals surface area contributed by atoms with Gasteiger partial charge < -0.3 is 10.2 Å². The van der Waals surface area contributed by atoms with E-state index >= 15 is 0 Å². The minimum Gasteiger partial charge on any atom is -0.385 e. The number of carbonyl (C=O) groups is 1. The second kappa shape index (κ2) is 5.61. The van der Waals surface area contributed by atoms with Crippen LogP contribution in [0.5, 0.6) is 0 Å². The molecule has 88 valence electrons. The maximum atomic E-state index is 11.3. The van der Waals surface area contributed by atoms with Gasteiger partial charge in [0, 0.05) is 0 Å². The molecule has 0 spiro atoms. The summed E-state index contributed by atoms with van der Waals surface area (Å²) in [5.41, 5.74) is 0. The molecule has 15 heavy (non-hydrogen) atoms. The molecule has 0 aromatic heterocycles. The summed E-state index contributed by atoms with van der Waals surface area (Å²) in [5, 5.41) is 19.1. The van der Waals surface area contributed by atoms with Gasteiger partial charge in [-0.05, 0) is 18.3 Å². The molecule has 0 radical (unpaired) electrons. The Morgan fingerprint density at radius 3 is 2.27 bits per heavy atom. The van der Waals surface area contributed by atoms with Gasteiger partial charge in [-0.3, -0.25) is 4.79 Å². The minimum atomic E-state index is -0.948. The van der Waals surface area contributed by atoms with E-state index in [1.807, 2.05) is 6.92 Å². The Bertz CT molecular complexity index is 215. The van der Waals surface area contributed by atoms with Crippen LogP contribution in [0.3, 0.4) is 0 Å². The third-order valence-electron chi connectivity index (χ3n) is 3.55. The summed E-state index contributed by atoms with van der Waals surface area (Å²) in [6.45, 7) is 4.00. The second-order valence-electron chi connectivity index (χ2n) is 4.66. The maximum Gasteiger partial charge on any atom is 0.190 e. The zero-order chi connectivity index (χ0) is 11.4. The van der Waals surface area contributed by atoms with Crippen LogP contribution in [-0.2, 0) is 4.79 Å². The summed E-state index contributed by atoms with van der Waals surface area (Å²) in [6.07, 6.45) is 3.55. The van der Waals surface area contributed by atoms with Crippen molar-refractivity contribution in [3.05, 3.63) is 0 Å². The highest BCUT2D eigenvalue weighted by molar-refractivity contribution is 5.89. The first kappa shape index (κ1) is 12.7. The first-order valence-electron chi connectivity index (χ1n) is 5.99. The molecule has 1 fully saturated rings. The highest BCUT2D eigenvalue weighted by atomic mass is 16.3. The number of aliphatic hydroxyl groups excluding tert-OH is 2. The lowest BCUT2D eigenvalue weighted by Gasteiger charge is -2.17. The molecule has 1 rings (SSSR count). The number of hydrogen-bond donors (Lipinski definition) is 2. The van der Waals surface area contributed by atoms with Crippen LogP contribution in [0.25, 0.3) is 0 Å². The van der Waals surface area contributed by atoms with Gasteiger partial charge in [-0.2, -0.15) is 0 Å². The SMILES string of the molecule is CCCCCCC1C(O)C(=O)C(O)C1C. The van der Waals surface area contributed by atoms with Crippen LogP contribution < -0.4 is 0 Å². The normalized spacial score (nSPS) is 36.1. The summed E-state index contributed by atoms with van der Waals surface area (Å²) < 4.78 is 0. The van der Waals surface area contributed by atoms with Gasteiger partial charge in [0.25, 0.3) is 0 Å². The van der Waals surface area contributed by atoms with Gasteiger partial charge in [-0.25, -0.2) is 0 Å². The first-order valence-corrected chi connectivity index (χ1v) is 5.99. The smallest absolute Gasteiger partial charge is 0.190 e. The zero-order valence-electron chi connectivity index (χ0n) is 9.65. The van der Waals surface area contributed by atoms with Gasteiger partial charge in [0.05, 0.1) is 0 Å². The van der Waals surface area contributed by atoms with Crippen molar-refractivity contribution in [2.24, 2.45) is 11.8 Å². The van der Waals surface area contributed by atoms with Gasteiger partial charge in [0.2, 0.25) is 0 Å². The van der Waals surface area contributed by atoms with Crippen LogP contribution in [0.4, 0.5) is 0 Å². The molecule has 0 amide bonds. The molecule has 2 N–H and O–H groups in total. The third kappa shape index (κ3) is 2.79. The molecule has 4 unspecified atom stereocenters. The third-order valence-corrected chi connectivity index (χ3v) is 3.55. The molecule has 0 aromatic carbocycles. The van der Waals surface area contributed by atoms with Gasteiger partial charge in [-0.1, -0.05) is 39.5 Å². The summed E-state index contributed by atoms with van der Waals surface area (Å²) in [4.78, 5) is 11.3. The Morgan fingerprint density at radius 1 is 1.13 bits per heavy atom. The number of carbonyl (C=O) groups excluding carboxylic acids is 1.